The van der Waals surface area contributed by atoms with Gasteiger partial charge >= 0.3 is 0 Å². The van der Waals surface area contributed by atoms with Gasteiger partial charge < -0.3 is 0 Å². The van der Waals surface area contributed by atoms with Crippen LogP contribution < -0.4 is 0 Å². The van der Waals surface area contributed by atoms with E-state index in [1.54, 1.807) is 12.1 Å². The monoisotopic (exact) mass is 292 g/mol. The fourth-order valence-corrected chi connectivity index (χ4v) is 2.37. The number of hydrogen-bond acceptors (Lipinski definition) is 3. The Kier molecular flexibility index (Phi) is 2.80. The van der Waals surface area contributed by atoms with Crippen LogP contribution in [0.1, 0.15) is 0 Å². The first-order chi connectivity index (χ1) is 6.68. The van der Waals surface area contributed by atoms with Crippen LogP contribution in [0.2, 0.25) is 5.02 Å². The van der Waals surface area contributed by atoms with Crippen molar-refractivity contribution in [2.75, 3.05) is 0 Å². The normalized spacial score (nSPS) is 10.5. The number of benzene rings is 1. The molecule has 0 aliphatic rings. The summed E-state index contributed by atoms with van der Waals surface area (Å²) in [6.07, 6.45) is 0. The van der Waals surface area contributed by atoms with Gasteiger partial charge in [-0.25, -0.2) is 9.37 Å². The third kappa shape index (κ3) is 1.80. The number of halogens is 3. The van der Waals surface area contributed by atoms with Crippen LogP contribution in [0.15, 0.2) is 22.9 Å². The van der Waals surface area contributed by atoms with E-state index in [0.29, 0.717) is 15.3 Å². The first-order valence-electron chi connectivity index (χ1n) is 3.62. The average molecular weight is 294 g/mol. The summed E-state index contributed by atoms with van der Waals surface area (Å²) in [6, 6.07) is 4.60. The summed E-state index contributed by atoms with van der Waals surface area (Å²) in [5.41, 5.74) is 0.565. The van der Waals surface area contributed by atoms with Gasteiger partial charge in [-0.3, -0.25) is 0 Å². The third-order valence-corrected chi connectivity index (χ3v) is 3.31. The van der Waals surface area contributed by atoms with Gasteiger partial charge in [0.1, 0.15) is 10.8 Å². The SMILES string of the molecule is Fc1cccc(-c2nc(Br)ns2)c1Cl. The predicted molar refractivity (Wildman–Crippen MR) is 58.0 cm³/mol. The minimum Gasteiger partial charge on any atom is -0.209 e. The van der Waals surface area contributed by atoms with E-state index < -0.39 is 5.82 Å². The quantitative estimate of drug-likeness (QED) is 0.800. The highest BCUT2D eigenvalue weighted by Gasteiger charge is 2.11. The molecule has 2 rings (SSSR count). The first kappa shape index (κ1) is 10.0. The number of rotatable bonds is 1. The van der Waals surface area contributed by atoms with Crippen molar-refractivity contribution >= 4 is 39.1 Å². The van der Waals surface area contributed by atoms with Gasteiger partial charge in [0.2, 0.25) is 4.73 Å². The van der Waals surface area contributed by atoms with Crippen LogP contribution in [-0.4, -0.2) is 9.36 Å². The standard InChI is InChI=1S/C8H3BrClFN2S/c9-8-12-7(14-13-8)4-2-1-3-5(11)6(4)10/h1-3H. The predicted octanol–water partition coefficient (Wildman–Crippen LogP) is 3.76. The Bertz CT molecular complexity index is 474. The molecule has 0 radical (unpaired) electrons. The van der Waals surface area contributed by atoms with Crippen LogP contribution in [0, 0.1) is 5.82 Å². The lowest BCUT2D eigenvalue weighted by Crippen LogP contribution is -1.82. The molecule has 0 amide bonds. The molecule has 0 fully saturated rings. The van der Waals surface area contributed by atoms with Crippen molar-refractivity contribution < 1.29 is 4.39 Å². The van der Waals surface area contributed by atoms with Crippen LogP contribution in [0.25, 0.3) is 10.6 Å². The molecule has 2 nitrogen and oxygen atoms in total. The highest BCUT2D eigenvalue weighted by atomic mass is 79.9. The van der Waals surface area contributed by atoms with Crippen LogP contribution in [0.4, 0.5) is 4.39 Å². The van der Waals surface area contributed by atoms with Crippen LogP contribution in [0.5, 0.6) is 0 Å². The zero-order chi connectivity index (χ0) is 10.1. The van der Waals surface area contributed by atoms with Gasteiger partial charge in [0.05, 0.1) is 5.02 Å². The summed E-state index contributed by atoms with van der Waals surface area (Å²) in [5.74, 6) is -0.449. The van der Waals surface area contributed by atoms with Gasteiger partial charge in [-0.05, 0) is 33.5 Å². The van der Waals surface area contributed by atoms with Gasteiger partial charge in [-0.2, -0.15) is 4.37 Å². The maximum Gasteiger partial charge on any atom is 0.209 e. The van der Waals surface area contributed by atoms with E-state index in [2.05, 4.69) is 25.3 Å². The van der Waals surface area contributed by atoms with E-state index in [4.69, 9.17) is 11.6 Å². The molecule has 1 aromatic heterocycles. The maximum atomic E-state index is 13.1. The van der Waals surface area contributed by atoms with E-state index in [0.717, 1.165) is 0 Å². The molecule has 0 unspecified atom stereocenters. The Morgan fingerprint density at radius 1 is 1.43 bits per heavy atom. The van der Waals surface area contributed by atoms with Crippen LogP contribution in [-0.2, 0) is 0 Å². The molecule has 0 aliphatic carbocycles. The molecule has 6 heteroatoms. The second kappa shape index (κ2) is 3.92. The Hall–Kier alpha value is -0.520. The summed E-state index contributed by atoms with van der Waals surface area (Å²) < 4.78 is 17.5. The Morgan fingerprint density at radius 2 is 2.21 bits per heavy atom. The molecule has 0 saturated carbocycles. The zero-order valence-corrected chi connectivity index (χ0v) is 9.83. The number of hydrogen-bond donors (Lipinski definition) is 0. The van der Waals surface area contributed by atoms with Gasteiger partial charge in [-0.1, -0.05) is 23.7 Å². The molecule has 0 bridgehead atoms. The minimum absolute atomic E-state index is 0.0798. The molecule has 0 N–H and O–H groups in total. The van der Waals surface area contributed by atoms with Crippen molar-refractivity contribution in [1.82, 2.24) is 9.36 Å². The maximum absolute atomic E-state index is 13.1. The van der Waals surface area contributed by atoms with Crippen molar-refractivity contribution in [3.8, 4) is 10.6 Å². The van der Waals surface area contributed by atoms with E-state index in [1.807, 2.05) is 0 Å². The molecule has 0 aliphatic heterocycles. The van der Waals surface area contributed by atoms with Crippen molar-refractivity contribution in [3.63, 3.8) is 0 Å². The van der Waals surface area contributed by atoms with E-state index in [1.165, 1.54) is 17.6 Å². The summed E-state index contributed by atoms with van der Waals surface area (Å²) in [4.78, 5) is 4.06. The van der Waals surface area contributed by atoms with E-state index >= 15 is 0 Å². The van der Waals surface area contributed by atoms with Gasteiger partial charge in [0, 0.05) is 5.56 Å². The summed E-state index contributed by atoms with van der Waals surface area (Å²) >= 11 is 10.1. The molecular formula is C8H3BrClFN2S. The summed E-state index contributed by atoms with van der Waals surface area (Å²) in [6.45, 7) is 0. The second-order valence-electron chi connectivity index (χ2n) is 2.47. The molecular weight excluding hydrogens is 291 g/mol. The van der Waals surface area contributed by atoms with Crippen LogP contribution in [0.3, 0.4) is 0 Å². The molecule has 0 saturated heterocycles. The lowest BCUT2D eigenvalue weighted by atomic mass is 10.2. The van der Waals surface area contributed by atoms with Gasteiger partial charge in [0.25, 0.3) is 0 Å². The number of aromatic nitrogens is 2. The summed E-state index contributed by atoms with van der Waals surface area (Å²) in [7, 11) is 0. The smallest absolute Gasteiger partial charge is 0.209 e. The number of nitrogens with zero attached hydrogens (tertiary/aromatic N) is 2. The van der Waals surface area contributed by atoms with Gasteiger partial charge in [-0.15, -0.1) is 0 Å². The Labute approximate surface area is 97.0 Å². The highest BCUT2D eigenvalue weighted by Crippen LogP contribution is 2.31. The lowest BCUT2D eigenvalue weighted by molar-refractivity contribution is 0.629. The molecule has 1 heterocycles. The van der Waals surface area contributed by atoms with Gasteiger partial charge in [0.15, 0.2) is 0 Å². The first-order valence-corrected chi connectivity index (χ1v) is 5.56. The molecule has 0 atom stereocenters. The Morgan fingerprint density at radius 3 is 2.86 bits per heavy atom. The Balaban J connectivity index is 2.57. The fraction of sp³-hybridized carbons (Fsp3) is 0. The fourth-order valence-electron chi connectivity index (χ4n) is 0.984. The van der Waals surface area contributed by atoms with Crippen molar-refractivity contribution in [2.24, 2.45) is 0 Å². The molecule has 72 valence electrons. The van der Waals surface area contributed by atoms with E-state index in [-0.39, 0.29) is 5.02 Å². The second-order valence-corrected chi connectivity index (χ2v) is 4.31. The zero-order valence-electron chi connectivity index (χ0n) is 6.67. The third-order valence-electron chi connectivity index (χ3n) is 1.58. The largest absolute Gasteiger partial charge is 0.209 e. The van der Waals surface area contributed by atoms with E-state index in [9.17, 15) is 4.39 Å². The molecule has 14 heavy (non-hydrogen) atoms. The minimum atomic E-state index is -0.449. The topological polar surface area (TPSA) is 25.8 Å². The van der Waals surface area contributed by atoms with Crippen LogP contribution >= 0.6 is 39.1 Å². The van der Waals surface area contributed by atoms with Crippen molar-refractivity contribution in [2.45, 2.75) is 0 Å². The average Bonchev–Trinajstić information content (AvgIpc) is 2.57. The molecule has 1 aromatic carbocycles. The highest BCUT2D eigenvalue weighted by molar-refractivity contribution is 9.10. The lowest BCUT2D eigenvalue weighted by Gasteiger charge is -1.99. The molecule has 0 spiro atoms. The van der Waals surface area contributed by atoms with Crippen molar-refractivity contribution in [1.29, 1.82) is 0 Å². The van der Waals surface area contributed by atoms with Crippen molar-refractivity contribution in [3.05, 3.63) is 33.8 Å². The summed E-state index contributed by atoms with van der Waals surface area (Å²) in [5, 5.41) is 0.678. The molecule has 2 aromatic rings.